The molecule has 1 aromatic rings. The maximum atomic E-state index is 12.0. The van der Waals surface area contributed by atoms with Gasteiger partial charge >= 0.3 is 0 Å². The molecule has 4 nitrogen and oxygen atoms in total. The molecule has 1 aromatic carbocycles. The molecule has 0 unspecified atom stereocenters. The maximum absolute atomic E-state index is 12.0. The third kappa shape index (κ3) is 5.12. The molecule has 0 saturated heterocycles. The van der Waals surface area contributed by atoms with Gasteiger partial charge < -0.3 is 10.6 Å². The third-order valence-corrected chi connectivity index (χ3v) is 2.46. The second-order valence-electron chi connectivity index (χ2n) is 5.32. The number of nitrogens with one attached hydrogen (secondary N) is 2. The molecule has 0 atom stereocenters. The summed E-state index contributed by atoms with van der Waals surface area (Å²) in [6.45, 7) is 7.77. The Morgan fingerprint density at radius 1 is 1.11 bits per heavy atom. The number of anilines is 1. The molecule has 0 bridgehead atoms. The molecule has 0 fully saturated rings. The first-order valence-corrected chi connectivity index (χ1v) is 6.60. The van der Waals surface area contributed by atoms with E-state index in [0.29, 0.717) is 17.7 Å². The highest BCUT2D eigenvalue weighted by molar-refractivity contribution is 6.03. The molecule has 0 saturated carbocycles. The van der Waals surface area contributed by atoms with Gasteiger partial charge in [0, 0.05) is 12.5 Å². The predicted octanol–water partition coefficient (Wildman–Crippen LogP) is 2.81. The molecule has 0 aliphatic carbocycles. The molecular weight excluding hydrogens is 240 g/mol. The van der Waals surface area contributed by atoms with E-state index >= 15 is 0 Å². The van der Waals surface area contributed by atoms with Crippen molar-refractivity contribution in [2.75, 3.05) is 5.32 Å². The molecule has 0 aliphatic heterocycles. The number of hydrogen-bond donors (Lipinski definition) is 2. The van der Waals surface area contributed by atoms with Crippen LogP contribution in [0.5, 0.6) is 0 Å². The average molecular weight is 262 g/mol. The van der Waals surface area contributed by atoms with Gasteiger partial charge in [-0.05, 0) is 31.9 Å². The average Bonchev–Trinajstić information content (AvgIpc) is 2.27. The van der Waals surface area contributed by atoms with Gasteiger partial charge in [0.25, 0.3) is 5.91 Å². The molecule has 19 heavy (non-hydrogen) atoms. The Balaban J connectivity index is 2.84. The van der Waals surface area contributed by atoms with Crippen LogP contribution in [0.1, 0.15) is 44.5 Å². The fraction of sp³-hybridized carbons (Fsp3) is 0.467. The summed E-state index contributed by atoms with van der Waals surface area (Å²) in [5.41, 5.74) is 1.06. The first-order chi connectivity index (χ1) is 8.90. The van der Waals surface area contributed by atoms with E-state index in [4.69, 9.17) is 0 Å². The smallest absolute Gasteiger partial charge is 0.253 e. The maximum Gasteiger partial charge on any atom is 0.253 e. The molecule has 1 rings (SSSR count). The summed E-state index contributed by atoms with van der Waals surface area (Å²) in [6.07, 6.45) is 0.445. The van der Waals surface area contributed by atoms with Crippen LogP contribution in [0.4, 0.5) is 5.69 Å². The minimum absolute atomic E-state index is 0.0620. The zero-order chi connectivity index (χ0) is 14.4. The topological polar surface area (TPSA) is 58.2 Å². The molecule has 0 spiro atoms. The van der Waals surface area contributed by atoms with Gasteiger partial charge in [0.1, 0.15) is 0 Å². The van der Waals surface area contributed by atoms with Crippen LogP contribution in [-0.4, -0.2) is 17.9 Å². The van der Waals surface area contributed by atoms with E-state index in [-0.39, 0.29) is 23.8 Å². The van der Waals surface area contributed by atoms with E-state index in [1.54, 1.807) is 24.3 Å². The van der Waals surface area contributed by atoms with Gasteiger partial charge in [0.2, 0.25) is 5.91 Å². The zero-order valence-electron chi connectivity index (χ0n) is 12.0. The zero-order valence-corrected chi connectivity index (χ0v) is 12.0. The highest BCUT2D eigenvalue weighted by atomic mass is 16.2. The molecule has 2 N–H and O–H groups in total. The van der Waals surface area contributed by atoms with Crippen LogP contribution in [0.2, 0.25) is 0 Å². The van der Waals surface area contributed by atoms with Gasteiger partial charge in [0.05, 0.1) is 11.3 Å². The second kappa shape index (κ2) is 6.92. The van der Waals surface area contributed by atoms with Gasteiger partial charge in [-0.1, -0.05) is 26.0 Å². The van der Waals surface area contributed by atoms with Crippen molar-refractivity contribution in [2.45, 2.75) is 40.2 Å². The van der Waals surface area contributed by atoms with Crippen LogP contribution < -0.4 is 10.6 Å². The molecule has 0 aromatic heterocycles. The van der Waals surface area contributed by atoms with Crippen molar-refractivity contribution in [3.8, 4) is 0 Å². The molecule has 4 heteroatoms. The molecule has 104 valence electrons. The van der Waals surface area contributed by atoms with Gasteiger partial charge in [0.15, 0.2) is 0 Å². The Kier molecular flexibility index (Phi) is 5.55. The second-order valence-corrected chi connectivity index (χ2v) is 5.32. The monoisotopic (exact) mass is 262 g/mol. The minimum atomic E-state index is -0.171. The lowest BCUT2D eigenvalue weighted by Crippen LogP contribution is -2.31. The lowest BCUT2D eigenvalue weighted by molar-refractivity contribution is -0.116. The Morgan fingerprint density at radius 2 is 1.74 bits per heavy atom. The molecule has 0 aliphatic rings. The molecule has 2 amide bonds. The predicted molar refractivity (Wildman–Crippen MR) is 77.1 cm³/mol. The molecular formula is C15H22N2O2. The van der Waals surface area contributed by atoms with E-state index < -0.39 is 0 Å². The first-order valence-electron chi connectivity index (χ1n) is 6.60. The van der Waals surface area contributed by atoms with Crippen molar-refractivity contribution in [3.63, 3.8) is 0 Å². The van der Waals surface area contributed by atoms with E-state index in [0.717, 1.165) is 0 Å². The number of benzene rings is 1. The number of hydrogen-bond acceptors (Lipinski definition) is 2. The Labute approximate surface area is 114 Å². The normalized spacial score (nSPS) is 10.6. The Morgan fingerprint density at radius 3 is 2.32 bits per heavy atom. The fourth-order valence-electron chi connectivity index (χ4n) is 1.70. The number of carbonyl (C=O) groups is 2. The van der Waals surface area contributed by atoms with Crippen molar-refractivity contribution < 1.29 is 9.59 Å². The summed E-state index contributed by atoms with van der Waals surface area (Å²) in [6, 6.07) is 7.10. The van der Waals surface area contributed by atoms with Crippen molar-refractivity contribution in [3.05, 3.63) is 29.8 Å². The van der Waals surface area contributed by atoms with Crippen molar-refractivity contribution in [1.82, 2.24) is 5.32 Å². The first kappa shape index (κ1) is 15.2. The van der Waals surface area contributed by atoms with Crippen LogP contribution in [0.25, 0.3) is 0 Å². The minimum Gasteiger partial charge on any atom is -0.350 e. The summed E-state index contributed by atoms with van der Waals surface area (Å²) in [5.74, 6) is 0.0481. The summed E-state index contributed by atoms with van der Waals surface area (Å²) in [7, 11) is 0. The summed E-state index contributed by atoms with van der Waals surface area (Å²) < 4.78 is 0. The van der Waals surface area contributed by atoms with Crippen LogP contribution in [-0.2, 0) is 4.79 Å². The van der Waals surface area contributed by atoms with E-state index in [1.807, 2.05) is 27.7 Å². The molecule has 0 heterocycles. The largest absolute Gasteiger partial charge is 0.350 e. The van der Waals surface area contributed by atoms with Crippen molar-refractivity contribution in [1.29, 1.82) is 0 Å². The quantitative estimate of drug-likeness (QED) is 0.857. The van der Waals surface area contributed by atoms with Gasteiger partial charge in [-0.2, -0.15) is 0 Å². The Hall–Kier alpha value is -1.84. The highest BCUT2D eigenvalue weighted by Crippen LogP contribution is 2.16. The standard InChI is InChI=1S/C15H22N2O2/c1-10(2)9-14(18)17-13-8-6-5-7-12(13)15(19)16-11(3)4/h5-8,10-11H,9H2,1-4H3,(H,16,19)(H,17,18). The SMILES string of the molecule is CC(C)CC(=O)Nc1ccccc1C(=O)NC(C)C. The van der Waals surface area contributed by atoms with Crippen LogP contribution in [0, 0.1) is 5.92 Å². The summed E-state index contributed by atoms with van der Waals surface area (Å²) in [5, 5.41) is 5.62. The van der Waals surface area contributed by atoms with E-state index in [1.165, 1.54) is 0 Å². The van der Waals surface area contributed by atoms with Crippen LogP contribution >= 0.6 is 0 Å². The highest BCUT2D eigenvalue weighted by Gasteiger charge is 2.14. The summed E-state index contributed by atoms with van der Waals surface area (Å²) in [4.78, 5) is 23.8. The Bertz CT molecular complexity index is 453. The van der Waals surface area contributed by atoms with Crippen molar-refractivity contribution in [2.24, 2.45) is 5.92 Å². The lowest BCUT2D eigenvalue weighted by Gasteiger charge is -2.13. The number of para-hydroxylation sites is 1. The van der Waals surface area contributed by atoms with E-state index in [2.05, 4.69) is 10.6 Å². The lowest BCUT2D eigenvalue weighted by atomic mass is 10.1. The van der Waals surface area contributed by atoms with Gasteiger partial charge in [-0.15, -0.1) is 0 Å². The van der Waals surface area contributed by atoms with E-state index in [9.17, 15) is 9.59 Å². The fourth-order valence-corrected chi connectivity index (χ4v) is 1.70. The van der Waals surface area contributed by atoms with Gasteiger partial charge in [-0.25, -0.2) is 0 Å². The summed E-state index contributed by atoms with van der Waals surface area (Å²) >= 11 is 0. The number of rotatable bonds is 5. The molecule has 0 radical (unpaired) electrons. The third-order valence-electron chi connectivity index (χ3n) is 2.46. The number of carbonyl (C=O) groups excluding carboxylic acids is 2. The number of amides is 2. The van der Waals surface area contributed by atoms with Crippen molar-refractivity contribution >= 4 is 17.5 Å². The van der Waals surface area contributed by atoms with Gasteiger partial charge in [-0.3, -0.25) is 9.59 Å². The van der Waals surface area contributed by atoms with Crippen LogP contribution in [0.3, 0.4) is 0 Å². The van der Waals surface area contributed by atoms with Crippen LogP contribution in [0.15, 0.2) is 24.3 Å².